The first-order valence-corrected chi connectivity index (χ1v) is 8.10. The number of benzene rings is 1. The van der Waals surface area contributed by atoms with Crippen LogP contribution < -0.4 is 5.32 Å². The van der Waals surface area contributed by atoms with Gasteiger partial charge in [0.1, 0.15) is 6.04 Å². The molecule has 0 aromatic heterocycles. The molecule has 20 heavy (non-hydrogen) atoms. The number of hydrogen-bond acceptors (Lipinski definition) is 2. The highest BCUT2D eigenvalue weighted by Crippen LogP contribution is 2.24. The molecule has 1 heterocycles. The molecule has 4 nitrogen and oxygen atoms in total. The van der Waals surface area contributed by atoms with Crippen molar-refractivity contribution in [2.75, 3.05) is 6.54 Å². The molecule has 1 aromatic carbocycles. The summed E-state index contributed by atoms with van der Waals surface area (Å²) in [6.45, 7) is 0.674. The Balaban J connectivity index is 1.72. The van der Waals surface area contributed by atoms with Crippen molar-refractivity contribution in [3.63, 3.8) is 0 Å². The zero-order chi connectivity index (χ0) is 14.1. The highest BCUT2D eigenvalue weighted by atomic mass is 127. The van der Waals surface area contributed by atoms with Gasteiger partial charge in [0, 0.05) is 21.7 Å². The van der Waals surface area contributed by atoms with Gasteiger partial charge in [-0.05, 0) is 72.5 Å². The summed E-state index contributed by atoms with van der Waals surface area (Å²) < 4.78 is 1.10. The number of nitrogens with one attached hydrogen (secondary N) is 1. The van der Waals surface area contributed by atoms with Gasteiger partial charge in [0.15, 0.2) is 0 Å². The fraction of sp³-hybridized carbons (Fsp3) is 0.467. The Hall–Kier alpha value is -1.11. The van der Waals surface area contributed by atoms with Crippen molar-refractivity contribution in [1.29, 1.82) is 0 Å². The van der Waals surface area contributed by atoms with E-state index in [2.05, 4.69) is 27.9 Å². The van der Waals surface area contributed by atoms with E-state index in [-0.39, 0.29) is 17.9 Å². The number of carbonyl (C=O) groups is 2. The second-order valence-corrected chi connectivity index (χ2v) is 6.69. The number of rotatable bonds is 3. The van der Waals surface area contributed by atoms with E-state index in [1.165, 1.54) is 0 Å². The molecule has 1 unspecified atom stereocenters. The second kappa shape index (κ2) is 5.71. The molecule has 0 spiro atoms. The lowest BCUT2D eigenvalue weighted by Gasteiger charge is -2.24. The molecule has 1 saturated heterocycles. The number of halogens is 1. The molecule has 0 radical (unpaired) electrons. The number of carbonyl (C=O) groups excluding carboxylic acids is 2. The van der Waals surface area contributed by atoms with E-state index < -0.39 is 0 Å². The topological polar surface area (TPSA) is 49.4 Å². The molecule has 1 saturated carbocycles. The Morgan fingerprint density at radius 3 is 2.50 bits per heavy atom. The predicted octanol–water partition coefficient (Wildman–Crippen LogP) is 2.17. The van der Waals surface area contributed by atoms with Gasteiger partial charge in [-0.1, -0.05) is 0 Å². The molecule has 1 atom stereocenters. The average Bonchev–Trinajstić information content (AvgIpc) is 3.11. The fourth-order valence-electron chi connectivity index (χ4n) is 2.57. The first-order chi connectivity index (χ1) is 9.65. The van der Waals surface area contributed by atoms with Crippen LogP contribution in [0.15, 0.2) is 24.3 Å². The average molecular weight is 384 g/mol. The molecule has 1 N–H and O–H groups in total. The largest absolute Gasteiger partial charge is 0.352 e. The van der Waals surface area contributed by atoms with E-state index in [1.54, 1.807) is 4.90 Å². The zero-order valence-corrected chi connectivity index (χ0v) is 13.3. The Kier molecular flexibility index (Phi) is 3.96. The van der Waals surface area contributed by atoms with E-state index in [0.717, 1.165) is 29.3 Å². The van der Waals surface area contributed by atoms with Gasteiger partial charge < -0.3 is 10.2 Å². The van der Waals surface area contributed by atoms with Crippen molar-refractivity contribution >= 4 is 34.4 Å². The van der Waals surface area contributed by atoms with Gasteiger partial charge in [-0.15, -0.1) is 0 Å². The van der Waals surface area contributed by atoms with Gasteiger partial charge in [-0.2, -0.15) is 0 Å². The third-order valence-electron chi connectivity index (χ3n) is 3.83. The van der Waals surface area contributed by atoms with Crippen LogP contribution in [0.1, 0.15) is 36.0 Å². The minimum Gasteiger partial charge on any atom is -0.352 e. The Morgan fingerprint density at radius 1 is 1.15 bits per heavy atom. The van der Waals surface area contributed by atoms with Crippen molar-refractivity contribution in [3.05, 3.63) is 33.4 Å². The minimum absolute atomic E-state index is 0.0175. The summed E-state index contributed by atoms with van der Waals surface area (Å²) in [7, 11) is 0. The number of hydrogen-bond donors (Lipinski definition) is 1. The normalized spacial score (nSPS) is 21.9. The maximum atomic E-state index is 12.5. The molecule has 1 aromatic rings. The fourth-order valence-corrected chi connectivity index (χ4v) is 2.93. The second-order valence-electron chi connectivity index (χ2n) is 5.45. The van der Waals surface area contributed by atoms with E-state index in [4.69, 9.17) is 0 Å². The molecule has 3 rings (SSSR count). The van der Waals surface area contributed by atoms with Crippen molar-refractivity contribution in [2.24, 2.45) is 0 Å². The first kappa shape index (κ1) is 13.9. The Morgan fingerprint density at radius 2 is 1.85 bits per heavy atom. The highest BCUT2D eigenvalue weighted by Gasteiger charge is 2.36. The predicted molar refractivity (Wildman–Crippen MR) is 84.4 cm³/mol. The number of nitrogens with zero attached hydrogens (tertiary/aromatic N) is 1. The lowest BCUT2D eigenvalue weighted by Crippen LogP contribution is -2.46. The minimum atomic E-state index is -0.289. The van der Waals surface area contributed by atoms with Gasteiger partial charge in [0.25, 0.3) is 5.91 Å². The van der Waals surface area contributed by atoms with Crippen LogP contribution in [-0.4, -0.2) is 35.3 Å². The molecular formula is C15H17IN2O2. The molecule has 106 valence electrons. The molecule has 2 amide bonds. The van der Waals surface area contributed by atoms with Gasteiger partial charge in [0.2, 0.25) is 5.91 Å². The summed E-state index contributed by atoms with van der Waals surface area (Å²) in [6, 6.07) is 7.56. The van der Waals surface area contributed by atoms with E-state index >= 15 is 0 Å². The van der Waals surface area contributed by atoms with E-state index in [9.17, 15) is 9.59 Å². The van der Waals surface area contributed by atoms with Crippen LogP contribution >= 0.6 is 22.6 Å². The summed E-state index contributed by atoms with van der Waals surface area (Å²) in [6.07, 6.45) is 3.82. The summed E-state index contributed by atoms with van der Waals surface area (Å²) >= 11 is 2.21. The maximum absolute atomic E-state index is 12.5. The lowest BCUT2D eigenvalue weighted by atomic mass is 10.1. The summed E-state index contributed by atoms with van der Waals surface area (Å²) in [5.41, 5.74) is 0.663. The van der Waals surface area contributed by atoms with Crippen molar-refractivity contribution in [3.8, 4) is 0 Å². The van der Waals surface area contributed by atoms with Gasteiger partial charge >= 0.3 is 0 Å². The Labute approximate surface area is 132 Å². The molecule has 1 aliphatic carbocycles. The van der Waals surface area contributed by atoms with Crippen molar-refractivity contribution in [1.82, 2.24) is 10.2 Å². The monoisotopic (exact) mass is 384 g/mol. The van der Waals surface area contributed by atoms with Gasteiger partial charge in [-0.25, -0.2) is 0 Å². The van der Waals surface area contributed by atoms with Crippen LogP contribution in [0.5, 0.6) is 0 Å². The van der Waals surface area contributed by atoms with Crippen molar-refractivity contribution in [2.45, 2.75) is 37.8 Å². The highest BCUT2D eigenvalue weighted by molar-refractivity contribution is 14.1. The van der Waals surface area contributed by atoms with Crippen LogP contribution in [0.4, 0.5) is 0 Å². The molecule has 5 heteroatoms. The third kappa shape index (κ3) is 2.97. The molecular weight excluding hydrogens is 367 g/mol. The van der Waals surface area contributed by atoms with Gasteiger partial charge in [-0.3, -0.25) is 9.59 Å². The summed E-state index contributed by atoms with van der Waals surface area (Å²) in [5.74, 6) is -0.0151. The first-order valence-electron chi connectivity index (χ1n) is 7.02. The van der Waals surface area contributed by atoms with Crippen LogP contribution in [0.25, 0.3) is 0 Å². The van der Waals surface area contributed by atoms with Gasteiger partial charge in [0.05, 0.1) is 0 Å². The standard InChI is InChI=1S/C15H17IN2O2/c16-11-5-3-10(4-6-11)15(20)18-9-1-2-13(18)14(19)17-12-7-8-12/h3-6,12-13H,1-2,7-9H2,(H,17,19). The van der Waals surface area contributed by atoms with Crippen LogP contribution in [0.2, 0.25) is 0 Å². The van der Waals surface area contributed by atoms with Crippen LogP contribution in [0.3, 0.4) is 0 Å². The van der Waals surface area contributed by atoms with Crippen molar-refractivity contribution < 1.29 is 9.59 Å². The van der Waals surface area contributed by atoms with E-state index in [1.807, 2.05) is 24.3 Å². The number of amides is 2. The zero-order valence-electron chi connectivity index (χ0n) is 11.1. The van der Waals surface area contributed by atoms with Crippen LogP contribution in [0, 0.1) is 3.57 Å². The lowest BCUT2D eigenvalue weighted by molar-refractivity contribution is -0.125. The molecule has 1 aliphatic heterocycles. The third-order valence-corrected chi connectivity index (χ3v) is 4.55. The van der Waals surface area contributed by atoms with Crippen LogP contribution in [-0.2, 0) is 4.79 Å². The SMILES string of the molecule is O=C(NC1CC1)C1CCCN1C(=O)c1ccc(I)cc1. The quantitative estimate of drug-likeness (QED) is 0.813. The number of likely N-dealkylation sites (tertiary alicyclic amines) is 1. The summed E-state index contributed by atoms with van der Waals surface area (Å²) in [4.78, 5) is 26.4. The molecule has 2 aliphatic rings. The maximum Gasteiger partial charge on any atom is 0.254 e. The molecule has 2 fully saturated rings. The molecule has 0 bridgehead atoms. The Bertz CT molecular complexity index is 525. The smallest absolute Gasteiger partial charge is 0.254 e. The van der Waals surface area contributed by atoms with E-state index in [0.29, 0.717) is 18.2 Å². The summed E-state index contributed by atoms with van der Waals surface area (Å²) in [5, 5.41) is 3.01.